The molecule has 0 spiro atoms. The maximum absolute atomic E-state index is 12.6. The molecular formula is C38H77NO7P+. The van der Waals surface area contributed by atoms with E-state index >= 15 is 0 Å². The van der Waals surface area contributed by atoms with Crippen LogP contribution in [-0.2, 0) is 27.9 Å². The molecule has 2 atom stereocenters. The largest absolute Gasteiger partial charge is 0.472 e. The van der Waals surface area contributed by atoms with Crippen LogP contribution in [0.4, 0.5) is 0 Å². The lowest BCUT2D eigenvalue weighted by Crippen LogP contribution is -2.37. The highest BCUT2D eigenvalue weighted by Gasteiger charge is 2.26. The van der Waals surface area contributed by atoms with Crippen molar-refractivity contribution in [3.63, 3.8) is 0 Å². The predicted molar refractivity (Wildman–Crippen MR) is 197 cm³/mol. The van der Waals surface area contributed by atoms with Crippen LogP contribution in [0.3, 0.4) is 0 Å². The fraction of sp³-hybridized carbons (Fsp3) is 0.921. The summed E-state index contributed by atoms with van der Waals surface area (Å²) in [6.45, 7) is 5.61. The quantitative estimate of drug-likeness (QED) is 0.0230. The lowest BCUT2D eigenvalue weighted by molar-refractivity contribution is -0.870. The average Bonchev–Trinajstić information content (AvgIpc) is 3.01. The number of allylic oxidation sites excluding steroid dienone is 2. The van der Waals surface area contributed by atoms with Gasteiger partial charge in [-0.15, -0.1) is 0 Å². The number of quaternary nitrogens is 1. The second-order valence-electron chi connectivity index (χ2n) is 14.3. The monoisotopic (exact) mass is 691 g/mol. The molecule has 0 radical (unpaired) electrons. The van der Waals surface area contributed by atoms with Crippen molar-refractivity contribution in [3.8, 4) is 0 Å². The number of carbonyl (C=O) groups excluding carboxylic acids is 1. The minimum atomic E-state index is -4.26. The summed E-state index contributed by atoms with van der Waals surface area (Å²) in [4.78, 5) is 22.7. The molecule has 0 aliphatic rings. The third kappa shape index (κ3) is 36.3. The van der Waals surface area contributed by atoms with Gasteiger partial charge in [0.25, 0.3) is 0 Å². The van der Waals surface area contributed by atoms with Gasteiger partial charge in [0.15, 0.2) is 0 Å². The van der Waals surface area contributed by atoms with E-state index in [-0.39, 0.29) is 25.8 Å². The zero-order chi connectivity index (χ0) is 34.9. The number of hydrogen-bond donors (Lipinski definition) is 1. The number of unbranched alkanes of at least 4 members (excludes halogenated alkanes) is 20. The summed E-state index contributed by atoms with van der Waals surface area (Å²) in [5, 5.41) is 0. The minimum absolute atomic E-state index is 0.0898. The summed E-state index contributed by atoms with van der Waals surface area (Å²) in [5.74, 6) is -0.322. The topological polar surface area (TPSA) is 91.3 Å². The number of nitrogens with zero attached hydrogens (tertiary/aromatic N) is 1. The van der Waals surface area contributed by atoms with Crippen molar-refractivity contribution in [1.82, 2.24) is 0 Å². The smallest absolute Gasteiger partial charge is 0.457 e. The predicted octanol–water partition coefficient (Wildman–Crippen LogP) is 10.7. The number of phosphoric acid groups is 1. The number of carbonyl (C=O) groups is 1. The summed E-state index contributed by atoms with van der Waals surface area (Å²) in [6, 6.07) is 0. The van der Waals surface area contributed by atoms with Crippen LogP contribution in [0.2, 0.25) is 0 Å². The van der Waals surface area contributed by atoms with Crippen LogP contribution in [0.5, 0.6) is 0 Å². The molecular weight excluding hydrogens is 613 g/mol. The lowest BCUT2D eigenvalue weighted by atomic mass is 10.1. The highest BCUT2D eigenvalue weighted by atomic mass is 31.2. The molecule has 0 aliphatic heterocycles. The van der Waals surface area contributed by atoms with Crippen molar-refractivity contribution >= 4 is 13.8 Å². The van der Waals surface area contributed by atoms with Gasteiger partial charge in [0, 0.05) is 13.0 Å². The number of ether oxygens (including phenoxy) is 2. The minimum Gasteiger partial charge on any atom is -0.457 e. The maximum atomic E-state index is 12.6. The Hall–Kier alpha value is -0.760. The Morgan fingerprint density at radius 2 is 1.11 bits per heavy atom. The molecule has 47 heavy (non-hydrogen) atoms. The van der Waals surface area contributed by atoms with Gasteiger partial charge in [-0.2, -0.15) is 0 Å². The summed E-state index contributed by atoms with van der Waals surface area (Å²) < 4.78 is 34.8. The third-order valence-electron chi connectivity index (χ3n) is 8.33. The van der Waals surface area contributed by atoms with Gasteiger partial charge in [-0.05, 0) is 38.5 Å². The van der Waals surface area contributed by atoms with Crippen molar-refractivity contribution in [2.24, 2.45) is 0 Å². The van der Waals surface area contributed by atoms with E-state index < -0.39 is 13.9 Å². The van der Waals surface area contributed by atoms with Gasteiger partial charge in [0.1, 0.15) is 19.3 Å². The molecule has 2 unspecified atom stereocenters. The molecule has 9 heteroatoms. The Morgan fingerprint density at radius 3 is 1.62 bits per heavy atom. The Labute approximate surface area is 290 Å². The summed E-state index contributed by atoms with van der Waals surface area (Å²) in [5.41, 5.74) is 0. The molecule has 1 N–H and O–H groups in total. The van der Waals surface area contributed by atoms with Gasteiger partial charge < -0.3 is 18.9 Å². The van der Waals surface area contributed by atoms with Gasteiger partial charge in [-0.25, -0.2) is 4.57 Å². The molecule has 0 aliphatic carbocycles. The standard InChI is InChI=1S/C38H76NO7P/c1-6-8-10-12-14-16-18-19-20-21-23-25-27-29-31-38(40)46-37(36-45-47(41,42)44-34-32-39(3,4)5)35-43-33-30-28-26-24-22-17-15-13-11-9-7-2/h18-19,37H,6-17,20-36H2,1-5H3/p+1/b19-18-. The number of hydrogen-bond acceptors (Lipinski definition) is 6. The number of likely N-dealkylation sites (N-methyl/N-ethyl adjacent to an activating group) is 1. The van der Waals surface area contributed by atoms with Crippen LogP contribution in [-0.4, -0.2) is 75.6 Å². The maximum Gasteiger partial charge on any atom is 0.472 e. The first-order chi connectivity index (χ1) is 22.6. The highest BCUT2D eigenvalue weighted by Crippen LogP contribution is 2.43. The molecule has 0 aromatic carbocycles. The molecule has 0 fully saturated rings. The van der Waals surface area contributed by atoms with E-state index in [0.717, 1.165) is 38.5 Å². The van der Waals surface area contributed by atoms with E-state index in [0.29, 0.717) is 24.1 Å². The molecule has 0 saturated heterocycles. The Balaban J connectivity index is 4.30. The van der Waals surface area contributed by atoms with Crippen molar-refractivity contribution < 1.29 is 37.3 Å². The molecule has 0 saturated carbocycles. The Kier molecular flexibility index (Phi) is 31.9. The Bertz CT molecular complexity index is 772. The van der Waals surface area contributed by atoms with E-state index in [1.165, 1.54) is 109 Å². The van der Waals surface area contributed by atoms with Crippen molar-refractivity contribution in [2.75, 3.05) is 54.1 Å². The molecule has 0 bridgehead atoms. The molecule has 0 amide bonds. The normalized spacial score (nSPS) is 14.1. The van der Waals surface area contributed by atoms with Crippen LogP contribution >= 0.6 is 7.82 Å². The van der Waals surface area contributed by atoms with Gasteiger partial charge in [-0.1, -0.05) is 135 Å². The first kappa shape index (κ1) is 46.2. The highest BCUT2D eigenvalue weighted by molar-refractivity contribution is 7.47. The van der Waals surface area contributed by atoms with E-state index in [4.69, 9.17) is 18.5 Å². The third-order valence-corrected chi connectivity index (χ3v) is 9.31. The van der Waals surface area contributed by atoms with Crippen LogP contribution in [0.1, 0.15) is 168 Å². The van der Waals surface area contributed by atoms with E-state index in [1.54, 1.807) is 0 Å². The first-order valence-electron chi connectivity index (χ1n) is 19.4. The number of esters is 1. The van der Waals surface area contributed by atoms with E-state index in [2.05, 4.69) is 26.0 Å². The van der Waals surface area contributed by atoms with Crippen LogP contribution in [0, 0.1) is 0 Å². The SMILES string of the molecule is CCCCCCC/C=C\CCCCCCCC(=O)OC(COCCCCCCCCCCCCC)COP(=O)(O)OCC[N+](C)(C)C. The second kappa shape index (κ2) is 32.4. The molecule has 0 heterocycles. The molecule has 0 aromatic heterocycles. The average molecular weight is 691 g/mol. The second-order valence-corrected chi connectivity index (χ2v) is 15.8. The fourth-order valence-corrected chi connectivity index (χ4v) is 5.99. The van der Waals surface area contributed by atoms with Crippen molar-refractivity contribution in [3.05, 3.63) is 12.2 Å². The molecule has 0 rings (SSSR count). The van der Waals surface area contributed by atoms with E-state index in [1.807, 2.05) is 21.1 Å². The molecule has 8 nitrogen and oxygen atoms in total. The number of phosphoric ester groups is 1. The van der Waals surface area contributed by atoms with Crippen LogP contribution in [0.25, 0.3) is 0 Å². The number of rotatable bonds is 36. The van der Waals surface area contributed by atoms with Gasteiger partial charge in [0.2, 0.25) is 0 Å². The fourth-order valence-electron chi connectivity index (χ4n) is 5.25. The summed E-state index contributed by atoms with van der Waals surface area (Å²) in [7, 11) is 1.67. The van der Waals surface area contributed by atoms with E-state index in [9.17, 15) is 14.3 Å². The molecule has 0 aromatic rings. The van der Waals surface area contributed by atoms with Gasteiger partial charge in [-0.3, -0.25) is 13.8 Å². The zero-order valence-corrected chi connectivity index (χ0v) is 32.4. The van der Waals surface area contributed by atoms with Gasteiger partial charge >= 0.3 is 13.8 Å². The summed E-state index contributed by atoms with van der Waals surface area (Å²) in [6.07, 6.45) is 32.3. The molecule has 280 valence electrons. The van der Waals surface area contributed by atoms with Crippen LogP contribution in [0.15, 0.2) is 12.2 Å². The first-order valence-corrected chi connectivity index (χ1v) is 20.9. The van der Waals surface area contributed by atoms with Crippen LogP contribution < -0.4 is 0 Å². The van der Waals surface area contributed by atoms with Crippen molar-refractivity contribution in [1.29, 1.82) is 0 Å². The lowest BCUT2D eigenvalue weighted by Gasteiger charge is -2.24. The van der Waals surface area contributed by atoms with Gasteiger partial charge in [0.05, 0.1) is 34.4 Å². The Morgan fingerprint density at radius 1 is 0.638 bits per heavy atom. The van der Waals surface area contributed by atoms with Crippen molar-refractivity contribution in [2.45, 2.75) is 174 Å². The summed E-state index contributed by atoms with van der Waals surface area (Å²) >= 11 is 0. The zero-order valence-electron chi connectivity index (χ0n) is 31.5.